The van der Waals surface area contributed by atoms with Crippen LogP contribution in [0.5, 0.6) is 0 Å². The quantitative estimate of drug-likeness (QED) is 0.802. The van der Waals surface area contributed by atoms with Gasteiger partial charge in [0, 0.05) is 18.6 Å². The molecule has 0 radical (unpaired) electrons. The maximum Gasteiger partial charge on any atom is 0.277 e. The van der Waals surface area contributed by atoms with Crippen LogP contribution in [0.1, 0.15) is 29.4 Å². The van der Waals surface area contributed by atoms with Gasteiger partial charge in [0.25, 0.3) is 5.91 Å². The number of nitrogens with zero attached hydrogens (tertiary/aromatic N) is 4. The molecule has 0 spiro atoms. The van der Waals surface area contributed by atoms with Gasteiger partial charge in [0.1, 0.15) is 0 Å². The van der Waals surface area contributed by atoms with Gasteiger partial charge in [-0.15, -0.1) is 0 Å². The molecular weight excluding hydrogens is 274 g/mol. The first-order chi connectivity index (χ1) is 9.79. The summed E-state index contributed by atoms with van der Waals surface area (Å²) in [6.45, 7) is 0. The van der Waals surface area contributed by atoms with E-state index in [1.54, 1.807) is 18.5 Å². The number of amides is 1. The summed E-state index contributed by atoms with van der Waals surface area (Å²) in [6.07, 6.45) is 7.57. The van der Waals surface area contributed by atoms with Gasteiger partial charge in [-0.2, -0.15) is 5.10 Å². The summed E-state index contributed by atoms with van der Waals surface area (Å²) in [5.74, 6) is -0.226. The predicted octanol–water partition coefficient (Wildman–Crippen LogP) is 2.48. The number of anilines is 1. The fraction of sp³-hybridized carbons (Fsp3) is 0.231. The van der Waals surface area contributed by atoms with E-state index in [0.29, 0.717) is 16.9 Å². The number of aromatic nitrogens is 4. The molecule has 1 N–H and O–H groups in total. The fourth-order valence-electron chi connectivity index (χ4n) is 2.00. The lowest BCUT2D eigenvalue weighted by Crippen LogP contribution is -2.13. The molecule has 1 aliphatic carbocycles. The topological polar surface area (TPSA) is 72.7 Å². The predicted molar refractivity (Wildman–Crippen MR) is 75.9 cm³/mol. The number of carbonyl (C=O) groups is 1. The van der Waals surface area contributed by atoms with Gasteiger partial charge in [-0.05, 0) is 25.0 Å². The molecule has 4 rings (SSSR count). The number of thiazole rings is 1. The Labute approximate surface area is 118 Å². The van der Waals surface area contributed by atoms with Crippen molar-refractivity contribution in [3.05, 3.63) is 36.4 Å². The van der Waals surface area contributed by atoms with Crippen molar-refractivity contribution >= 4 is 32.6 Å². The average molecular weight is 285 g/mol. The Bertz CT molecular complexity index is 756. The highest BCUT2D eigenvalue weighted by atomic mass is 32.1. The highest BCUT2D eigenvalue weighted by molar-refractivity contribution is 7.22. The molecule has 7 heteroatoms. The summed E-state index contributed by atoms with van der Waals surface area (Å²) in [5.41, 5.74) is 1.26. The van der Waals surface area contributed by atoms with Crippen LogP contribution in [0.25, 0.3) is 10.2 Å². The van der Waals surface area contributed by atoms with Crippen molar-refractivity contribution in [3.63, 3.8) is 0 Å². The Morgan fingerprint density at radius 1 is 1.40 bits per heavy atom. The van der Waals surface area contributed by atoms with Crippen LogP contribution in [0, 0.1) is 0 Å². The van der Waals surface area contributed by atoms with E-state index in [1.165, 1.54) is 11.3 Å². The third-order valence-electron chi connectivity index (χ3n) is 3.17. The van der Waals surface area contributed by atoms with Gasteiger partial charge in [-0.3, -0.25) is 19.8 Å². The minimum atomic E-state index is -0.226. The summed E-state index contributed by atoms with van der Waals surface area (Å²) in [5, 5.41) is 7.65. The second kappa shape index (κ2) is 4.38. The molecule has 1 aliphatic rings. The molecule has 3 aromatic rings. The monoisotopic (exact) mass is 285 g/mol. The zero-order valence-corrected chi connectivity index (χ0v) is 11.3. The van der Waals surface area contributed by atoms with E-state index in [2.05, 4.69) is 20.4 Å². The Hall–Kier alpha value is -2.28. The number of fused-ring (bicyclic) bond motifs is 1. The van der Waals surface area contributed by atoms with Crippen LogP contribution in [0.15, 0.2) is 30.7 Å². The molecule has 1 amide bonds. The first-order valence-electron chi connectivity index (χ1n) is 6.37. The van der Waals surface area contributed by atoms with Gasteiger partial charge >= 0.3 is 0 Å². The van der Waals surface area contributed by atoms with Gasteiger partial charge in [-0.25, -0.2) is 4.98 Å². The van der Waals surface area contributed by atoms with Crippen LogP contribution in [0.4, 0.5) is 5.13 Å². The molecule has 20 heavy (non-hydrogen) atoms. The van der Waals surface area contributed by atoms with Crippen LogP contribution in [0.2, 0.25) is 0 Å². The van der Waals surface area contributed by atoms with E-state index in [0.717, 1.165) is 23.1 Å². The maximum atomic E-state index is 12.1. The molecule has 3 heterocycles. The van der Waals surface area contributed by atoms with E-state index >= 15 is 0 Å². The van der Waals surface area contributed by atoms with Crippen molar-refractivity contribution in [2.24, 2.45) is 0 Å². The van der Waals surface area contributed by atoms with E-state index in [4.69, 9.17) is 0 Å². The maximum absolute atomic E-state index is 12.1. The minimum absolute atomic E-state index is 0.226. The summed E-state index contributed by atoms with van der Waals surface area (Å²) in [6, 6.07) is 4.04. The second-order valence-corrected chi connectivity index (χ2v) is 5.76. The smallest absolute Gasteiger partial charge is 0.277 e. The molecule has 1 fully saturated rings. The van der Waals surface area contributed by atoms with Crippen molar-refractivity contribution in [2.45, 2.75) is 18.9 Å². The van der Waals surface area contributed by atoms with Crippen molar-refractivity contribution in [2.75, 3.05) is 5.32 Å². The van der Waals surface area contributed by atoms with Gasteiger partial charge in [0.05, 0.1) is 16.3 Å². The number of hydrogen-bond acceptors (Lipinski definition) is 5. The van der Waals surface area contributed by atoms with Crippen molar-refractivity contribution < 1.29 is 4.79 Å². The third-order valence-corrected chi connectivity index (χ3v) is 4.09. The van der Waals surface area contributed by atoms with Gasteiger partial charge in [0.2, 0.25) is 0 Å². The normalized spacial score (nSPS) is 14.6. The van der Waals surface area contributed by atoms with Crippen LogP contribution in [-0.2, 0) is 0 Å². The summed E-state index contributed by atoms with van der Waals surface area (Å²) in [4.78, 5) is 20.5. The number of nitrogens with one attached hydrogen (secondary N) is 1. The highest BCUT2D eigenvalue weighted by Crippen LogP contribution is 2.34. The lowest BCUT2D eigenvalue weighted by atomic mass is 10.4. The summed E-state index contributed by atoms with van der Waals surface area (Å²) < 4.78 is 2.81. The Morgan fingerprint density at radius 2 is 2.30 bits per heavy atom. The summed E-state index contributed by atoms with van der Waals surface area (Å²) >= 11 is 1.41. The molecule has 0 atom stereocenters. The fourth-order valence-corrected chi connectivity index (χ4v) is 2.82. The average Bonchev–Trinajstić information content (AvgIpc) is 3.03. The second-order valence-electron chi connectivity index (χ2n) is 4.73. The van der Waals surface area contributed by atoms with Crippen molar-refractivity contribution in [1.82, 2.24) is 19.7 Å². The van der Waals surface area contributed by atoms with Crippen LogP contribution < -0.4 is 5.32 Å². The number of carbonyl (C=O) groups excluding carboxylic acids is 1. The van der Waals surface area contributed by atoms with Gasteiger partial charge in [0.15, 0.2) is 10.8 Å². The Kier molecular flexibility index (Phi) is 2.53. The molecule has 100 valence electrons. The molecule has 3 aromatic heterocycles. The standard InChI is InChI=1S/C13H11N5OS/c19-12(10-4-6-18(17-10)8-1-2-8)16-13-15-9-3-5-14-7-11(9)20-13/h3-8H,1-2H2,(H,15,16,19). The number of rotatable bonds is 3. The molecule has 1 saturated carbocycles. The lowest BCUT2D eigenvalue weighted by molar-refractivity contribution is 0.102. The van der Waals surface area contributed by atoms with E-state index in [1.807, 2.05) is 16.9 Å². The Balaban J connectivity index is 1.55. The van der Waals surface area contributed by atoms with E-state index < -0.39 is 0 Å². The van der Waals surface area contributed by atoms with Crippen LogP contribution >= 0.6 is 11.3 Å². The van der Waals surface area contributed by atoms with Crippen LogP contribution in [0.3, 0.4) is 0 Å². The van der Waals surface area contributed by atoms with Crippen molar-refractivity contribution in [1.29, 1.82) is 0 Å². The third kappa shape index (κ3) is 2.05. The zero-order chi connectivity index (χ0) is 13.5. The molecule has 0 unspecified atom stereocenters. The first kappa shape index (κ1) is 11.5. The molecule has 6 nitrogen and oxygen atoms in total. The number of hydrogen-bond donors (Lipinski definition) is 1. The summed E-state index contributed by atoms with van der Waals surface area (Å²) in [7, 11) is 0. The van der Waals surface area contributed by atoms with Gasteiger partial charge < -0.3 is 0 Å². The minimum Gasteiger partial charge on any atom is -0.296 e. The SMILES string of the molecule is O=C(Nc1nc2ccncc2s1)c1ccn(C2CC2)n1. The number of pyridine rings is 1. The molecule has 0 saturated heterocycles. The largest absolute Gasteiger partial charge is 0.296 e. The Morgan fingerprint density at radius 3 is 3.10 bits per heavy atom. The van der Waals surface area contributed by atoms with Crippen molar-refractivity contribution in [3.8, 4) is 0 Å². The zero-order valence-electron chi connectivity index (χ0n) is 10.5. The highest BCUT2D eigenvalue weighted by Gasteiger charge is 2.25. The first-order valence-corrected chi connectivity index (χ1v) is 7.18. The molecular formula is C13H11N5OS. The molecule has 0 aliphatic heterocycles. The van der Waals surface area contributed by atoms with Gasteiger partial charge in [-0.1, -0.05) is 11.3 Å². The van der Waals surface area contributed by atoms with E-state index in [-0.39, 0.29) is 5.91 Å². The lowest BCUT2D eigenvalue weighted by Gasteiger charge is -1.98. The van der Waals surface area contributed by atoms with E-state index in [9.17, 15) is 4.79 Å². The van der Waals surface area contributed by atoms with Crippen LogP contribution in [-0.4, -0.2) is 25.7 Å². The molecule has 0 bridgehead atoms. The molecule has 0 aromatic carbocycles.